The first-order valence-electron chi connectivity index (χ1n) is 6.07. The lowest BCUT2D eigenvalue weighted by Crippen LogP contribution is -2.06. The van der Waals surface area contributed by atoms with E-state index in [4.69, 9.17) is 25.8 Å². The van der Waals surface area contributed by atoms with Crippen LogP contribution in [0.5, 0.6) is 17.2 Å². The molecular formula is C14H19ClO4. The number of halogens is 1. The van der Waals surface area contributed by atoms with E-state index in [2.05, 4.69) is 0 Å². The zero-order chi connectivity index (χ0) is 14.3. The quantitative estimate of drug-likeness (QED) is 0.418. The first kappa shape index (κ1) is 15.6. The van der Waals surface area contributed by atoms with Crippen LogP contribution in [-0.2, 0) is 0 Å². The van der Waals surface area contributed by atoms with Gasteiger partial charge in [0, 0.05) is 24.4 Å². The Morgan fingerprint density at radius 2 is 1.63 bits per heavy atom. The van der Waals surface area contributed by atoms with E-state index in [0.29, 0.717) is 35.1 Å². The van der Waals surface area contributed by atoms with Crippen LogP contribution in [-0.4, -0.2) is 33.0 Å². The molecule has 0 fully saturated rings. The monoisotopic (exact) mass is 286 g/mol. The maximum absolute atomic E-state index is 12.2. The minimum Gasteiger partial charge on any atom is -0.496 e. The van der Waals surface area contributed by atoms with Crippen molar-refractivity contribution in [3.63, 3.8) is 0 Å². The molecule has 19 heavy (non-hydrogen) atoms. The highest BCUT2D eigenvalue weighted by Gasteiger charge is 2.19. The Morgan fingerprint density at radius 1 is 1.05 bits per heavy atom. The van der Waals surface area contributed by atoms with Crippen molar-refractivity contribution in [1.82, 2.24) is 0 Å². The molecule has 0 spiro atoms. The second kappa shape index (κ2) is 7.89. The number of methoxy groups -OCH3 is 3. The van der Waals surface area contributed by atoms with Crippen molar-refractivity contribution in [3.8, 4) is 17.2 Å². The van der Waals surface area contributed by atoms with Gasteiger partial charge in [-0.25, -0.2) is 0 Å². The number of rotatable bonds is 8. The fourth-order valence-electron chi connectivity index (χ4n) is 1.79. The van der Waals surface area contributed by atoms with Crippen LogP contribution in [0.25, 0.3) is 0 Å². The molecule has 4 nitrogen and oxygen atoms in total. The van der Waals surface area contributed by atoms with E-state index in [1.807, 2.05) is 0 Å². The number of Topliss-reactive ketones (excluding diaryl/α,β-unsaturated/α-hetero) is 1. The fourth-order valence-corrected chi connectivity index (χ4v) is 1.97. The summed E-state index contributed by atoms with van der Waals surface area (Å²) in [6.45, 7) is 0. The number of carbonyl (C=O) groups excluding carboxylic acids is 1. The first-order valence-corrected chi connectivity index (χ1v) is 6.60. The number of benzene rings is 1. The number of hydrogen-bond acceptors (Lipinski definition) is 4. The number of carbonyl (C=O) groups is 1. The molecule has 0 N–H and O–H groups in total. The highest BCUT2D eigenvalue weighted by atomic mass is 35.5. The Bertz CT molecular complexity index is 406. The lowest BCUT2D eigenvalue weighted by Gasteiger charge is -2.14. The van der Waals surface area contributed by atoms with Crippen molar-refractivity contribution in [2.45, 2.75) is 19.3 Å². The van der Waals surface area contributed by atoms with Crippen LogP contribution >= 0.6 is 11.6 Å². The molecule has 1 aromatic carbocycles. The van der Waals surface area contributed by atoms with Crippen LogP contribution in [0.4, 0.5) is 0 Å². The fraction of sp³-hybridized carbons (Fsp3) is 0.500. The van der Waals surface area contributed by atoms with Gasteiger partial charge in [-0.3, -0.25) is 4.79 Å². The van der Waals surface area contributed by atoms with Crippen LogP contribution in [0.2, 0.25) is 0 Å². The summed E-state index contributed by atoms with van der Waals surface area (Å²) < 4.78 is 15.6. The maximum atomic E-state index is 12.2. The van der Waals surface area contributed by atoms with Crippen LogP contribution in [0.1, 0.15) is 29.6 Å². The number of ether oxygens (including phenoxy) is 3. The maximum Gasteiger partial charge on any atom is 0.170 e. The third-order valence-corrected chi connectivity index (χ3v) is 3.05. The van der Waals surface area contributed by atoms with Crippen LogP contribution < -0.4 is 14.2 Å². The predicted octanol–water partition coefficient (Wildman–Crippen LogP) is 3.30. The Hall–Kier alpha value is -1.42. The molecule has 1 rings (SSSR count). The van der Waals surface area contributed by atoms with Crippen molar-refractivity contribution in [2.75, 3.05) is 27.2 Å². The standard InChI is InChI=1S/C14H19ClO4/c1-17-10-8-12(18-2)14(13(9-10)19-3)11(16)6-4-5-7-15/h8-9H,4-7H2,1-3H3. The van der Waals surface area contributed by atoms with Gasteiger partial charge in [0.1, 0.15) is 22.8 Å². The van der Waals surface area contributed by atoms with E-state index in [1.165, 1.54) is 14.2 Å². The van der Waals surface area contributed by atoms with Crippen molar-refractivity contribution in [3.05, 3.63) is 17.7 Å². The van der Waals surface area contributed by atoms with Crippen LogP contribution in [0.15, 0.2) is 12.1 Å². The summed E-state index contributed by atoms with van der Waals surface area (Å²) >= 11 is 5.61. The zero-order valence-electron chi connectivity index (χ0n) is 11.5. The summed E-state index contributed by atoms with van der Waals surface area (Å²) in [5.41, 5.74) is 0.459. The predicted molar refractivity (Wildman–Crippen MR) is 75.0 cm³/mol. The van der Waals surface area contributed by atoms with E-state index >= 15 is 0 Å². The largest absolute Gasteiger partial charge is 0.496 e. The van der Waals surface area contributed by atoms with Gasteiger partial charge in [-0.15, -0.1) is 11.6 Å². The smallest absolute Gasteiger partial charge is 0.170 e. The number of alkyl halides is 1. The Kier molecular flexibility index (Phi) is 6.50. The molecule has 0 aromatic heterocycles. The van der Waals surface area contributed by atoms with Gasteiger partial charge < -0.3 is 14.2 Å². The molecule has 0 aliphatic carbocycles. The summed E-state index contributed by atoms with van der Waals surface area (Å²) in [5.74, 6) is 2.07. The molecule has 0 aliphatic rings. The lowest BCUT2D eigenvalue weighted by atomic mass is 10.0. The lowest BCUT2D eigenvalue weighted by molar-refractivity contribution is 0.0973. The summed E-state index contributed by atoms with van der Waals surface area (Å²) in [4.78, 5) is 12.2. The number of hydrogen-bond donors (Lipinski definition) is 0. The molecular weight excluding hydrogens is 268 g/mol. The highest BCUT2D eigenvalue weighted by Crippen LogP contribution is 2.35. The third kappa shape index (κ3) is 4.03. The van der Waals surface area contributed by atoms with Crippen LogP contribution in [0, 0.1) is 0 Å². The van der Waals surface area contributed by atoms with E-state index in [0.717, 1.165) is 12.8 Å². The Balaban J connectivity index is 3.05. The van der Waals surface area contributed by atoms with Gasteiger partial charge in [0.15, 0.2) is 5.78 Å². The summed E-state index contributed by atoms with van der Waals surface area (Å²) in [6, 6.07) is 3.36. The minimum absolute atomic E-state index is 0.0125. The Morgan fingerprint density at radius 3 is 2.05 bits per heavy atom. The molecule has 106 valence electrons. The molecule has 1 aromatic rings. The highest BCUT2D eigenvalue weighted by molar-refractivity contribution is 6.17. The summed E-state index contributed by atoms with van der Waals surface area (Å²) in [6.07, 6.45) is 1.99. The molecule has 0 unspecified atom stereocenters. The number of unbranched alkanes of at least 4 members (excludes halogenated alkanes) is 1. The van der Waals surface area contributed by atoms with Gasteiger partial charge in [0.25, 0.3) is 0 Å². The molecule has 0 bridgehead atoms. The van der Waals surface area contributed by atoms with Gasteiger partial charge >= 0.3 is 0 Å². The molecule has 0 heterocycles. The second-order valence-electron chi connectivity index (χ2n) is 3.98. The van der Waals surface area contributed by atoms with Gasteiger partial charge in [0.05, 0.1) is 21.3 Å². The minimum atomic E-state index is -0.0125. The SMILES string of the molecule is COc1cc(OC)c(C(=O)CCCCCl)c(OC)c1. The van der Waals surface area contributed by atoms with E-state index in [-0.39, 0.29) is 5.78 Å². The van der Waals surface area contributed by atoms with Gasteiger partial charge in [-0.05, 0) is 12.8 Å². The molecule has 5 heteroatoms. The number of ketones is 1. The Labute approximate surface area is 118 Å². The summed E-state index contributed by atoms with van der Waals surface area (Å²) in [5, 5.41) is 0. The van der Waals surface area contributed by atoms with E-state index < -0.39 is 0 Å². The molecule has 0 atom stereocenters. The molecule has 0 aliphatic heterocycles. The van der Waals surface area contributed by atoms with Crippen molar-refractivity contribution >= 4 is 17.4 Å². The van der Waals surface area contributed by atoms with Crippen molar-refractivity contribution in [2.24, 2.45) is 0 Å². The first-order chi connectivity index (χ1) is 9.17. The molecule has 0 radical (unpaired) electrons. The average molecular weight is 287 g/mol. The van der Waals surface area contributed by atoms with E-state index in [1.54, 1.807) is 19.2 Å². The van der Waals surface area contributed by atoms with Crippen LogP contribution in [0.3, 0.4) is 0 Å². The zero-order valence-corrected chi connectivity index (χ0v) is 12.3. The third-order valence-electron chi connectivity index (χ3n) is 2.78. The molecule has 0 amide bonds. The van der Waals surface area contributed by atoms with E-state index in [9.17, 15) is 4.79 Å². The van der Waals surface area contributed by atoms with Crippen molar-refractivity contribution < 1.29 is 19.0 Å². The van der Waals surface area contributed by atoms with Gasteiger partial charge in [-0.1, -0.05) is 0 Å². The topological polar surface area (TPSA) is 44.8 Å². The average Bonchev–Trinajstić information content (AvgIpc) is 2.45. The van der Waals surface area contributed by atoms with Gasteiger partial charge in [0.2, 0.25) is 0 Å². The molecule has 0 saturated heterocycles. The summed E-state index contributed by atoms with van der Waals surface area (Å²) in [7, 11) is 4.59. The second-order valence-corrected chi connectivity index (χ2v) is 4.35. The molecule has 0 saturated carbocycles. The van der Waals surface area contributed by atoms with Crippen molar-refractivity contribution in [1.29, 1.82) is 0 Å². The van der Waals surface area contributed by atoms with Gasteiger partial charge in [-0.2, -0.15) is 0 Å². The normalized spacial score (nSPS) is 10.1.